The molecule has 3 heterocycles. The molecule has 7 rings (SSSR count). The van der Waals surface area contributed by atoms with Crippen LogP contribution in [0, 0.1) is 23.2 Å². The minimum atomic E-state index is 0.0327. The van der Waals surface area contributed by atoms with Crippen molar-refractivity contribution < 1.29 is 4.79 Å². The number of aromatic nitrogens is 2. The van der Waals surface area contributed by atoms with Gasteiger partial charge in [0.05, 0.1) is 5.69 Å². The van der Waals surface area contributed by atoms with Crippen LogP contribution in [0.25, 0.3) is 5.65 Å². The van der Waals surface area contributed by atoms with E-state index in [1.165, 1.54) is 38.5 Å². The van der Waals surface area contributed by atoms with Crippen LogP contribution in [0.15, 0.2) is 24.4 Å². The highest BCUT2D eigenvalue weighted by molar-refractivity contribution is 5.93. The average Bonchev–Trinajstić information content (AvgIpc) is 3.13. The number of nitrogens with zero attached hydrogens (tertiary/aromatic N) is 3. The highest BCUT2D eigenvalue weighted by Crippen LogP contribution is 2.59. The van der Waals surface area contributed by atoms with Gasteiger partial charge in [0.1, 0.15) is 11.3 Å². The Balaban J connectivity index is 1.16. The van der Waals surface area contributed by atoms with Crippen molar-refractivity contribution in [2.24, 2.45) is 28.9 Å². The fourth-order valence-corrected chi connectivity index (χ4v) is 7.65. The van der Waals surface area contributed by atoms with Crippen molar-refractivity contribution in [2.45, 2.75) is 64.0 Å². The minimum absolute atomic E-state index is 0.0327. The van der Waals surface area contributed by atoms with E-state index in [0.717, 1.165) is 68.1 Å². The number of fused-ring (bicyclic) bond motifs is 1. The molecule has 4 saturated carbocycles. The van der Waals surface area contributed by atoms with E-state index < -0.39 is 0 Å². The van der Waals surface area contributed by atoms with Crippen LogP contribution in [0.3, 0.4) is 0 Å². The number of carbonyl (C=O) groups is 1. The third kappa shape index (κ3) is 3.78. The molecule has 2 aromatic heterocycles. The molecule has 6 nitrogen and oxygen atoms in total. The molecule has 0 radical (unpaired) electrons. The molecular weight excluding hydrogens is 386 g/mol. The third-order valence-electron chi connectivity index (χ3n) is 8.49. The van der Waals surface area contributed by atoms with Crippen LogP contribution in [0.1, 0.15) is 67.5 Å². The highest BCUT2D eigenvalue weighted by Gasteiger charge is 2.50. The van der Waals surface area contributed by atoms with Crippen molar-refractivity contribution in [3.05, 3.63) is 35.8 Å². The number of piperidine rings is 1. The second-order valence-electron chi connectivity index (χ2n) is 11.1. The van der Waals surface area contributed by atoms with Crippen LogP contribution in [0.2, 0.25) is 0 Å². The summed E-state index contributed by atoms with van der Waals surface area (Å²) in [5, 5.41) is 3.33. The normalized spacial score (nSPS) is 35.0. The molecule has 31 heavy (non-hydrogen) atoms. The van der Waals surface area contributed by atoms with Gasteiger partial charge in [-0.1, -0.05) is 6.07 Å². The van der Waals surface area contributed by atoms with Gasteiger partial charge in [-0.15, -0.1) is 0 Å². The summed E-state index contributed by atoms with van der Waals surface area (Å²) in [5.41, 5.74) is 9.04. The fourth-order valence-electron chi connectivity index (χ4n) is 7.65. The lowest BCUT2D eigenvalue weighted by atomic mass is 9.49. The molecule has 1 saturated heterocycles. The maximum Gasteiger partial charge on any atom is 0.268 e. The van der Waals surface area contributed by atoms with E-state index in [0.29, 0.717) is 11.1 Å². The largest absolute Gasteiger partial charge is 0.350 e. The highest BCUT2D eigenvalue weighted by atomic mass is 16.1. The van der Waals surface area contributed by atoms with Crippen molar-refractivity contribution in [3.8, 4) is 0 Å². The molecule has 2 aromatic rings. The van der Waals surface area contributed by atoms with E-state index in [1.54, 1.807) is 0 Å². The molecule has 3 N–H and O–H groups in total. The number of nitrogens with two attached hydrogens (primary N) is 1. The van der Waals surface area contributed by atoms with Crippen LogP contribution in [-0.2, 0) is 6.54 Å². The van der Waals surface area contributed by atoms with Crippen LogP contribution in [0.4, 0.5) is 0 Å². The molecule has 0 aromatic carbocycles. The Hall–Kier alpha value is -1.92. The molecule has 6 heteroatoms. The maximum atomic E-state index is 13.2. The zero-order valence-corrected chi connectivity index (χ0v) is 18.4. The summed E-state index contributed by atoms with van der Waals surface area (Å²) in [5.74, 6) is 2.76. The molecule has 166 valence electrons. The summed E-state index contributed by atoms with van der Waals surface area (Å²) in [7, 11) is 0. The Kier molecular flexibility index (Phi) is 4.83. The average molecular weight is 422 g/mol. The van der Waals surface area contributed by atoms with Gasteiger partial charge in [-0.2, -0.15) is 0 Å². The van der Waals surface area contributed by atoms with Gasteiger partial charge in [0.25, 0.3) is 5.91 Å². The molecule has 1 amide bonds. The number of amides is 1. The Labute approximate surface area is 184 Å². The van der Waals surface area contributed by atoms with Crippen molar-refractivity contribution in [1.82, 2.24) is 19.6 Å². The van der Waals surface area contributed by atoms with Gasteiger partial charge in [0.2, 0.25) is 0 Å². The summed E-state index contributed by atoms with van der Waals surface area (Å²) in [6.07, 6.45) is 12.5. The van der Waals surface area contributed by atoms with Gasteiger partial charge in [-0.25, -0.2) is 4.98 Å². The first-order chi connectivity index (χ1) is 15.1. The fraction of sp³-hybridized carbons (Fsp3) is 0.680. The van der Waals surface area contributed by atoms with E-state index >= 15 is 0 Å². The first kappa shape index (κ1) is 19.7. The monoisotopic (exact) mass is 421 g/mol. The van der Waals surface area contributed by atoms with Crippen molar-refractivity contribution >= 4 is 11.6 Å². The smallest absolute Gasteiger partial charge is 0.268 e. The lowest BCUT2D eigenvalue weighted by Gasteiger charge is -2.56. The van der Waals surface area contributed by atoms with Crippen molar-refractivity contribution in [1.29, 1.82) is 0 Å². The summed E-state index contributed by atoms with van der Waals surface area (Å²) < 4.78 is 1.97. The lowest BCUT2D eigenvalue weighted by molar-refractivity contribution is -0.0503. The molecule has 5 aliphatic rings. The van der Waals surface area contributed by atoms with Crippen LogP contribution < -0.4 is 11.1 Å². The van der Waals surface area contributed by atoms with E-state index in [1.807, 2.05) is 28.8 Å². The van der Waals surface area contributed by atoms with Gasteiger partial charge in [0.15, 0.2) is 0 Å². The zero-order chi connectivity index (χ0) is 21.0. The SMILES string of the molecule is NC1CCCN(Cc2cn3c(C(=O)NCC45CC6CC(CC(C6)C4)C5)cccc3n2)C1. The lowest BCUT2D eigenvalue weighted by Crippen LogP contribution is -2.51. The van der Waals surface area contributed by atoms with Gasteiger partial charge >= 0.3 is 0 Å². The van der Waals surface area contributed by atoms with Gasteiger partial charge in [-0.3, -0.25) is 14.1 Å². The zero-order valence-electron chi connectivity index (χ0n) is 18.4. The standard InChI is InChI=1S/C25H35N5O/c26-20-3-2-6-29(13-20)14-21-15-30-22(4-1-5-23(30)28-21)24(31)27-16-25-10-17-7-18(11-25)9-19(8-17)12-25/h1,4-5,15,17-20H,2-3,6-14,16,26H2,(H,27,31). The number of hydrogen-bond acceptors (Lipinski definition) is 4. The van der Waals surface area contributed by atoms with Crippen LogP contribution >= 0.6 is 0 Å². The van der Waals surface area contributed by atoms with Gasteiger partial charge in [-0.05, 0) is 93.2 Å². The molecule has 1 atom stereocenters. The molecule has 5 fully saturated rings. The Bertz CT molecular complexity index is 946. The Morgan fingerprint density at radius 2 is 1.90 bits per heavy atom. The summed E-state index contributed by atoms with van der Waals surface area (Å²) in [6.45, 7) is 3.62. The number of nitrogens with one attached hydrogen (secondary N) is 1. The predicted octanol–water partition coefficient (Wildman–Crippen LogP) is 3.20. The van der Waals surface area contributed by atoms with E-state index in [2.05, 4.69) is 10.2 Å². The number of rotatable bonds is 5. The van der Waals surface area contributed by atoms with Crippen molar-refractivity contribution in [3.63, 3.8) is 0 Å². The molecule has 0 spiro atoms. The maximum absolute atomic E-state index is 13.2. The summed E-state index contributed by atoms with van der Waals surface area (Å²) >= 11 is 0. The van der Waals surface area contributed by atoms with Crippen LogP contribution in [0.5, 0.6) is 0 Å². The molecule has 1 aliphatic heterocycles. The van der Waals surface area contributed by atoms with Crippen LogP contribution in [-0.4, -0.2) is 45.9 Å². The first-order valence-corrected chi connectivity index (χ1v) is 12.3. The number of pyridine rings is 1. The predicted molar refractivity (Wildman–Crippen MR) is 121 cm³/mol. The summed E-state index contributed by atoms with van der Waals surface area (Å²) in [4.78, 5) is 20.4. The Morgan fingerprint density at radius 3 is 2.61 bits per heavy atom. The number of likely N-dealkylation sites (tertiary alicyclic amines) is 1. The van der Waals surface area contributed by atoms with E-state index in [-0.39, 0.29) is 11.9 Å². The van der Waals surface area contributed by atoms with Gasteiger partial charge < -0.3 is 11.1 Å². The number of imidazole rings is 1. The molecule has 1 unspecified atom stereocenters. The molecule has 4 bridgehead atoms. The molecular formula is C25H35N5O. The second-order valence-corrected chi connectivity index (χ2v) is 11.1. The quantitative estimate of drug-likeness (QED) is 0.777. The van der Waals surface area contributed by atoms with E-state index in [9.17, 15) is 4.79 Å². The second kappa shape index (κ2) is 7.59. The minimum Gasteiger partial charge on any atom is -0.350 e. The topological polar surface area (TPSA) is 75.7 Å². The number of carbonyl (C=O) groups excluding carboxylic acids is 1. The van der Waals surface area contributed by atoms with Gasteiger partial charge in [0, 0.05) is 31.9 Å². The Morgan fingerprint density at radius 1 is 1.16 bits per heavy atom. The molecule has 4 aliphatic carbocycles. The third-order valence-corrected chi connectivity index (χ3v) is 8.49. The number of hydrogen-bond donors (Lipinski definition) is 2. The van der Waals surface area contributed by atoms with E-state index in [4.69, 9.17) is 10.7 Å². The van der Waals surface area contributed by atoms with Crippen molar-refractivity contribution in [2.75, 3.05) is 19.6 Å². The summed E-state index contributed by atoms with van der Waals surface area (Å²) in [6, 6.07) is 6.12. The first-order valence-electron chi connectivity index (χ1n) is 12.3.